The summed E-state index contributed by atoms with van der Waals surface area (Å²) in [7, 11) is 1.51. The van der Waals surface area contributed by atoms with E-state index in [-0.39, 0.29) is 0 Å². The van der Waals surface area contributed by atoms with Crippen molar-refractivity contribution < 1.29 is 15.0 Å². The summed E-state index contributed by atoms with van der Waals surface area (Å²) in [6.07, 6.45) is -1.04. The Morgan fingerprint density at radius 1 is 1.40 bits per heavy atom. The summed E-state index contributed by atoms with van der Waals surface area (Å²) >= 11 is 2.15. The minimum Gasteiger partial charge on any atom is -0.480 e. The lowest BCUT2D eigenvalue weighted by Crippen LogP contribution is -2.39. The maximum Gasteiger partial charge on any atom is 0.323 e. The second-order valence-corrected chi connectivity index (χ2v) is 4.35. The van der Waals surface area contributed by atoms with Crippen LogP contribution in [-0.2, 0) is 4.79 Å². The minimum absolute atomic E-state index is 0.595. The molecule has 3 N–H and O–H groups in total. The maximum absolute atomic E-state index is 10.8. The number of hydrogen-bond acceptors (Lipinski definition) is 3. The van der Waals surface area contributed by atoms with E-state index in [2.05, 4.69) is 27.9 Å². The minimum atomic E-state index is -1.07. The summed E-state index contributed by atoms with van der Waals surface area (Å²) in [5.74, 6) is -1.07. The first-order valence-electron chi connectivity index (χ1n) is 4.40. The van der Waals surface area contributed by atoms with Crippen LogP contribution in [0.4, 0.5) is 0 Å². The summed E-state index contributed by atoms with van der Waals surface area (Å²) in [6.45, 7) is 0. The molecule has 15 heavy (non-hydrogen) atoms. The molecule has 0 saturated heterocycles. The van der Waals surface area contributed by atoms with Crippen molar-refractivity contribution in [3.8, 4) is 0 Å². The van der Waals surface area contributed by atoms with Crippen LogP contribution in [0.2, 0.25) is 0 Å². The van der Waals surface area contributed by atoms with Gasteiger partial charge in [0.2, 0.25) is 0 Å². The number of carboxylic acids is 1. The van der Waals surface area contributed by atoms with Crippen molar-refractivity contribution >= 4 is 28.6 Å². The number of carboxylic acid groups (broad SMARTS) is 1. The Hall–Kier alpha value is -0.660. The van der Waals surface area contributed by atoms with Crippen molar-refractivity contribution in [1.29, 1.82) is 0 Å². The van der Waals surface area contributed by atoms with E-state index in [9.17, 15) is 9.90 Å². The van der Waals surface area contributed by atoms with E-state index in [4.69, 9.17) is 5.11 Å². The van der Waals surface area contributed by atoms with Gasteiger partial charge < -0.3 is 15.5 Å². The molecule has 1 aromatic carbocycles. The number of halogens is 1. The SMILES string of the molecule is CN[C@H](C(=O)O)[C@@H](O)c1ccc(I)cc1. The van der Waals surface area contributed by atoms with Gasteiger partial charge in [0.15, 0.2) is 0 Å². The number of nitrogens with one attached hydrogen (secondary N) is 1. The molecule has 5 heteroatoms. The first kappa shape index (κ1) is 12.4. The molecule has 82 valence electrons. The average molecular weight is 321 g/mol. The predicted octanol–water partition coefficient (Wildman–Crippen LogP) is 0.997. The van der Waals surface area contributed by atoms with Crippen LogP contribution in [0.25, 0.3) is 0 Å². The highest BCUT2D eigenvalue weighted by molar-refractivity contribution is 14.1. The zero-order valence-electron chi connectivity index (χ0n) is 8.14. The molecule has 0 saturated carbocycles. The van der Waals surface area contributed by atoms with Crippen LogP contribution in [0.5, 0.6) is 0 Å². The fourth-order valence-corrected chi connectivity index (χ4v) is 1.63. The molecule has 0 aliphatic rings. The Labute approximate surface area is 101 Å². The Bertz CT molecular complexity index is 339. The van der Waals surface area contributed by atoms with Crippen LogP contribution in [0, 0.1) is 3.57 Å². The van der Waals surface area contributed by atoms with Crippen molar-refractivity contribution in [3.05, 3.63) is 33.4 Å². The van der Waals surface area contributed by atoms with Crippen molar-refractivity contribution in [2.45, 2.75) is 12.1 Å². The zero-order chi connectivity index (χ0) is 11.4. The van der Waals surface area contributed by atoms with Crippen LogP contribution in [-0.4, -0.2) is 29.3 Å². The van der Waals surface area contributed by atoms with Gasteiger partial charge in [0.05, 0.1) is 0 Å². The largest absolute Gasteiger partial charge is 0.480 e. The predicted molar refractivity (Wildman–Crippen MR) is 64.6 cm³/mol. The van der Waals surface area contributed by atoms with Gasteiger partial charge in [0.25, 0.3) is 0 Å². The summed E-state index contributed by atoms with van der Waals surface area (Å²) in [6, 6.07) is 6.12. The molecular weight excluding hydrogens is 309 g/mol. The summed E-state index contributed by atoms with van der Waals surface area (Å²) in [5, 5.41) is 21.2. The fourth-order valence-electron chi connectivity index (χ4n) is 1.27. The Morgan fingerprint density at radius 2 is 1.93 bits per heavy atom. The van der Waals surface area contributed by atoms with Gasteiger partial charge in [-0.05, 0) is 47.3 Å². The van der Waals surface area contributed by atoms with E-state index in [1.54, 1.807) is 12.1 Å². The number of likely N-dealkylation sites (N-methyl/N-ethyl adjacent to an activating group) is 1. The average Bonchev–Trinajstić information content (AvgIpc) is 2.19. The van der Waals surface area contributed by atoms with Gasteiger partial charge in [0, 0.05) is 3.57 Å². The second kappa shape index (κ2) is 5.43. The first-order chi connectivity index (χ1) is 7.06. The van der Waals surface area contributed by atoms with Crippen LogP contribution in [0.1, 0.15) is 11.7 Å². The third kappa shape index (κ3) is 3.15. The third-order valence-corrected chi connectivity index (χ3v) is 2.82. The molecule has 2 atom stereocenters. The normalized spacial score (nSPS) is 14.6. The van der Waals surface area contributed by atoms with Crippen molar-refractivity contribution in [3.63, 3.8) is 0 Å². The summed E-state index contributed by atoms with van der Waals surface area (Å²) in [4.78, 5) is 10.8. The molecule has 0 amide bonds. The van der Waals surface area contributed by atoms with Gasteiger partial charge in [0.1, 0.15) is 12.1 Å². The molecule has 0 aliphatic heterocycles. The summed E-state index contributed by atoms with van der Waals surface area (Å²) < 4.78 is 1.04. The number of benzene rings is 1. The molecule has 0 heterocycles. The van der Waals surface area contributed by atoms with Gasteiger partial charge in [-0.15, -0.1) is 0 Å². The molecule has 0 fully saturated rings. The van der Waals surface area contributed by atoms with E-state index in [0.29, 0.717) is 5.56 Å². The lowest BCUT2D eigenvalue weighted by atomic mass is 10.0. The fraction of sp³-hybridized carbons (Fsp3) is 0.300. The second-order valence-electron chi connectivity index (χ2n) is 3.10. The van der Waals surface area contributed by atoms with Crippen molar-refractivity contribution in [2.75, 3.05) is 7.05 Å². The highest BCUT2D eigenvalue weighted by Crippen LogP contribution is 2.18. The van der Waals surface area contributed by atoms with Crippen LogP contribution >= 0.6 is 22.6 Å². The molecule has 1 rings (SSSR count). The molecule has 0 aliphatic carbocycles. The Balaban J connectivity index is 2.87. The van der Waals surface area contributed by atoms with Crippen LogP contribution in [0.15, 0.2) is 24.3 Å². The maximum atomic E-state index is 10.8. The number of rotatable bonds is 4. The summed E-state index contributed by atoms with van der Waals surface area (Å²) in [5.41, 5.74) is 0.595. The van der Waals surface area contributed by atoms with Gasteiger partial charge in [-0.2, -0.15) is 0 Å². The molecule has 0 radical (unpaired) electrons. The quantitative estimate of drug-likeness (QED) is 0.724. The molecular formula is C10H12INO3. The molecule has 0 aromatic heterocycles. The Morgan fingerprint density at radius 3 is 2.33 bits per heavy atom. The van der Waals surface area contributed by atoms with Crippen LogP contribution < -0.4 is 5.32 Å². The van der Waals surface area contributed by atoms with Gasteiger partial charge in [-0.3, -0.25) is 4.79 Å². The molecule has 4 nitrogen and oxygen atoms in total. The monoisotopic (exact) mass is 321 g/mol. The third-order valence-electron chi connectivity index (χ3n) is 2.10. The van der Waals surface area contributed by atoms with E-state index >= 15 is 0 Å². The van der Waals surface area contributed by atoms with Gasteiger partial charge in [-0.25, -0.2) is 0 Å². The molecule has 0 bridgehead atoms. The number of aliphatic hydroxyl groups is 1. The first-order valence-corrected chi connectivity index (χ1v) is 5.47. The highest BCUT2D eigenvalue weighted by Gasteiger charge is 2.25. The lowest BCUT2D eigenvalue weighted by Gasteiger charge is -2.18. The number of aliphatic hydroxyl groups excluding tert-OH is 1. The smallest absolute Gasteiger partial charge is 0.323 e. The molecule has 1 aromatic rings. The van der Waals surface area contributed by atoms with E-state index < -0.39 is 18.1 Å². The molecule has 0 unspecified atom stereocenters. The zero-order valence-corrected chi connectivity index (χ0v) is 10.3. The molecule has 0 spiro atoms. The van der Waals surface area contributed by atoms with Crippen molar-refractivity contribution in [1.82, 2.24) is 5.32 Å². The lowest BCUT2D eigenvalue weighted by molar-refractivity contribution is -0.142. The van der Waals surface area contributed by atoms with E-state index in [1.807, 2.05) is 12.1 Å². The van der Waals surface area contributed by atoms with Crippen molar-refractivity contribution in [2.24, 2.45) is 0 Å². The van der Waals surface area contributed by atoms with E-state index in [0.717, 1.165) is 3.57 Å². The Kier molecular flexibility index (Phi) is 4.49. The standard InChI is InChI=1S/C10H12INO3/c1-12-8(10(14)15)9(13)6-2-4-7(11)5-3-6/h2-5,8-9,12-13H,1H3,(H,14,15)/t8-,9-/m0/s1. The topological polar surface area (TPSA) is 69.6 Å². The number of hydrogen-bond donors (Lipinski definition) is 3. The van der Waals surface area contributed by atoms with Gasteiger partial charge in [-0.1, -0.05) is 12.1 Å². The number of aliphatic carboxylic acids is 1. The highest BCUT2D eigenvalue weighted by atomic mass is 127. The van der Waals surface area contributed by atoms with Crippen LogP contribution in [0.3, 0.4) is 0 Å². The van der Waals surface area contributed by atoms with E-state index in [1.165, 1.54) is 7.05 Å². The number of carbonyl (C=O) groups is 1. The van der Waals surface area contributed by atoms with Gasteiger partial charge >= 0.3 is 5.97 Å².